The molecule has 0 aromatic heterocycles. The van der Waals surface area contributed by atoms with Gasteiger partial charge in [0.25, 0.3) is 0 Å². The smallest absolute Gasteiger partial charge is 0.211 e. The monoisotopic (exact) mass is 289 g/mol. The van der Waals surface area contributed by atoms with E-state index < -0.39 is 15.6 Å². The standard InChI is InChI=1S/C14H27NO3S/c1-19(17,18)15-10-6-7-13(12-15)11-14(16)8-4-2-3-5-9-14/h13,16H,2-12H2,1H3. The van der Waals surface area contributed by atoms with E-state index in [1.165, 1.54) is 19.1 Å². The van der Waals surface area contributed by atoms with Crippen molar-refractivity contribution in [3.63, 3.8) is 0 Å². The average molecular weight is 289 g/mol. The number of hydrogen-bond acceptors (Lipinski definition) is 3. The Morgan fingerprint density at radius 1 is 1.16 bits per heavy atom. The van der Waals surface area contributed by atoms with Crippen molar-refractivity contribution in [2.45, 2.75) is 63.4 Å². The van der Waals surface area contributed by atoms with Crippen molar-refractivity contribution in [2.75, 3.05) is 19.3 Å². The van der Waals surface area contributed by atoms with E-state index in [0.29, 0.717) is 19.0 Å². The lowest BCUT2D eigenvalue weighted by Gasteiger charge is -2.36. The van der Waals surface area contributed by atoms with Gasteiger partial charge in [-0.05, 0) is 38.0 Å². The maximum Gasteiger partial charge on any atom is 0.211 e. The van der Waals surface area contributed by atoms with E-state index in [2.05, 4.69) is 0 Å². The Labute approximate surface area is 117 Å². The van der Waals surface area contributed by atoms with Gasteiger partial charge in [0.05, 0.1) is 11.9 Å². The van der Waals surface area contributed by atoms with Crippen LogP contribution in [0.25, 0.3) is 0 Å². The van der Waals surface area contributed by atoms with Crippen LogP contribution in [-0.4, -0.2) is 42.8 Å². The molecule has 0 aromatic carbocycles. The zero-order chi connectivity index (χ0) is 13.9. The topological polar surface area (TPSA) is 57.6 Å². The number of hydrogen-bond donors (Lipinski definition) is 1. The van der Waals surface area contributed by atoms with Gasteiger partial charge in [0.2, 0.25) is 10.0 Å². The Balaban J connectivity index is 1.94. The van der Waals surface area contributed by atoms with Gasteiger partial charge in [-0.1, -0.05) is 25.7 Å². The quantitative estimate of drug-likeness (QED) is 0.810. The van der Waals surface area contributed by atoms with Crippen molar-refractivity contribution < 1.29 is 13.5 Å². The molecule has 5 heteroatoms. The maximum atomic E-state index is 11.6. The molecule has 0 radical (unpaired) electrons. The summed E-state index contributed by atoms with van der Waals surface area (Å²) in [6.45, 7) is 1.24. The van der Waals surface area contributed by atoms with Gasteiger partial charge < -0.3 is 5.11 Å². The second-order valence-corrected chi connectivity index (χ2v) is 8.45. The van der Waals surface area contributed by atoms with Crippen molar-refractivity contribution >= 4 is 10.0 Å². The minimum atomic E-state index is -3.07. The fourth-order valence-electron chi connectivity index (χ4n) is 3.62. The summed E-state index contributed by atoms with van der Waals surface area (Å²) in [5.41, 5.74) is -0.540. The highest BCUT2D eigenvalue weighted by Crippen LogP contribution is 2.35. The summed E-state index contributed by atoms with van der Waals surface area (Å²) >= 11 is 0. The largest absolute Gasteiger partial charge is 0.390 e. The van der Waals surface area contributed by atoms with Crippen molar-refractivity contribution in [3.8, 4) is 0 Å². The van der Waals surface area contributed by atoms with Crippen molar-refractivity contribution in [1.29, 1.82) is 0 Å². The predicted molar refractivity (Wildman–Crippen MR) is 76.4 cm³/mol. The molecule has 1 saturated carbocycles. The molecule has 1 atom stereocenters. The Hall–Kier alpha value is -0.130. The summed E-state index contributed by atoms with van der Waals surface area (Å²) in [7, 11) is -3.07. The second kappa shape index (κ2) is 6.10. The lowest BCUT2D eigenvalue weighted by Crippen LogP contribution is -2.42. The summed E-state index contributed by atoms with van der Waals surface area (Å²) in [6.07, 6.45) is 10.5. The third kappa shape index (κ3) is 4.43. The SMILES string of the molecule is CS(=O)(=O)N1CCCC(CC2(O)CCCCCC2)C1. The molecule has 2 fully saturated rings. The summed E-state index contributed by atoms with van der Waals surface area (Å²) in [4.78, 5) is 0. The van der Waals surface area contributed by atoms with Crippen LogP contribution in [0, 0.1) is 5.92 Å². The van der Waals surface area contributed by atoms with E-state index in [1.54, 1.807) is 4.31 Å². The van der Waals surface area contributed by atoms with Gasteiger partial charge in [0, 0.05) is 13.1 Å². The van der Waals surface area contributed by atoms with Crippen molar-refractivity contribution in [2.24, 2.45) is 5.92 Å². The Bertz CT molecular complexity index is 385. The summed E-state index contributed by atoms with van der Waals surface area (Å²) in [6, 6.07) is 0. The molecule has 2 aliphatic rings. The zero-order valence-corrected chi connectivity index (χ0v) is 12.8. The van der Waals surface area contributed by atoms with Gasteiger partial charge in [0.1, 0.15) is 0 Å². The molecule has 1 heterocycles. The predicted octanol–water partition coefficient (Wildman–Crippen LogP) is 2.13. The summed E-state index contributed by atoms with van der Waals surface area (Å²) in [5, 5.41) is 10.7. The van der Waals surface area contributed by atoms with Gasteiger partial charge in [0.15, 0.2) is 0 Å². The third-order valence-electron chi connectivity index (χ3n) is 4.65. The minimum absolute atomic E-state index is 0.326. The first-order valence-corrected chi connectivity index (χ1v) is 9.41. The van der Waals surface area contributed by atoms with Gasteiger partial charge in [-0.2, -0.15) is 0 Å². The molecule has 1 N–H and O–H groups in total. The molecule has 0 amide bonds. The van der Waals surface area contributed by atoms with Gasteiger partial charge in [-0.3, -0.25) is 0 Å². The zero-order valence-electron chi connectivity index (χ0n) is 12.0. The van der Waals surface area contributed by atoms with E-state index in [4.69, 9.17) is 0 Å². The molecule has 0 aromatic rings. The van der Waals surface area contributed by atoms with E-state index in [-0.39, 0.29) is 0 Å². The first kappa shape index (κ1) is 15.3. The van der Waals surface area contributed by atoms with Crippen LogP contribution in [0.5, 0.6) is 0 Å². The molecule has 1 aliphatic carbocycles. The second-order valence-electron chi connectivity index (χ2n) is 6.47. The van der Waals surface area contributed by atoms with Crippen molar-refractivity contribution in [1.82, 2.24) is 4.31 Å². The molecule has 0 spiro atoms. The highest BCUT2D eigenvalue weighted by molar-refractivity contribution is 7.88. The lowest BCUT2D eigenvalue weighted by molar-refractivity contribution is -0.00556. The van der Waals surface area contributed by atoms with E-state index >= 15 is 0 Å². The van der Waals surface area contributed by atoms with Gasteiger partial charge in [-0.15, -0.1) is 0 Å². The van der Waals surface area contributed by atoms with Crippen molar-refractivity contribution in [3.05, 3.63) is 0 Å². The van der Waals surface area contributed by atoms with Gasteiger partial charge in [-0.25, -0.2) is 12.7 Å². The number of nitrogens with zero attached hydrogens (tertiary/aromatic N) is 1. The minimum Gasteiger partial charge on any atom is -0.390 e. The fraction of sp³-hybridized carbons (Fsp3) is 1.00. The first-order valence-electron chi connectivity index (χ1n) is 7.57. The third-order valence-corrected chi connectivity index (χ3v) is 5.92. The highest BCUT2D eigenvalue weighted by Gasteiger charge is 2.34. The number of sulfonamides is 1. The van der Waals surface area contributed by atoms with Crippen LogP contribution < -0.4 is 0 Å². The van der Waals surface area contributed by atoms with E-state index in [0.717, 1.165) is 44.9 Å². The highest BCUT2D eigenvalue weighted by atomic mass is 32.2. The van der Waals surface area contributed by atoms with Crippen LogP contribution in [0.1, 0.15) is 57.8 Å². The number of rotatable bonds is 3. The molecular formula is C14H27NO3S. The molecule has 1 unspecified atom stereocenters. The molecule has 1 saturated heterocycles. The maximum absolute atomic E-state index is 11.6. The molecule has 4 nitrogen and oxygen atoms in total. The normalized spacial score (nSPS) is 29.9. The lowest BCUT2D eigenvalue weighted by atomic mass is 9.82. The number of piperidine rings is 1. The summed E-state index contributed by atoms with van der Waals surface area (Å²) < 4.78 is 24.8. The Morgan fingerprint density at radius 2 is 1.79 bits per heavy atom. The van der Waals surface area contributed by atoms with Crippen LogP contribution in [0.3, 0.4) is 0 Å². The van der Waals surface area contributed by atoms with Crippen LogP contribution >= 0.6 is 0 Å². The summed E-state index contributed by atoms with van der Waals surface area (Å²) in [5.74, 6) is 0.326. The van der Waals surface area contributed by atoms with E-state index in [1.807, 2.05) is 0 Å². The van der Waals surface area contributed by atoms with E-state index in [9.17, 15) is 13.5 Å². The van der Waals surface area contributed by atoms with Crippen LogP contribution in [0.15, 0.2) is 0 Å². The molecule has 1 aliphatic heterocycles. The first-order chi connectivity index (χ1) is 8.89. The molecule has 0 bridgehead atoms. The Kier molecular flexibility index (Phi) is 4.90. The van der Waals surface area contributed by atoms with Crippen LogP contribution in [0.2, 0.25) is 0 Å². The Morgan fingerprint density at radius 3 is 2.37 bits per heavy atom. The molecule has 112 valence electrons. The fourth-order valence-corrected chi connectivity index (χ4v) is 4.57. The molecular weight excluding hydrogens is 262 g/mol. The van der Waals surface area contributed by atoms with Gasteiger partial charge >= 0.3 is 0 Å². The van der Waals surface area contributed by atoms with Crippen LogP contribution in [0.4, 0.5) is 0 Å². The molecule has 19 heavy (non-hydrogen) atoms. The molecule has 2 rings (SSSR count). The number of aliphatic hydroxyl groups is 1. The van der Waals surface area contributed by atoms with Crippen LogP contribution in [-0.2, 0) is 10.0 Å². The average Bonchev–Trinajstić information content (AvgIpc) is 2.53.